The van der Waals surface area contributed by atoms with Gasteiger partial charge in [-0.15, -0.1) is 0 Å². The second-order valence-corrected chi connectivity index (χ2v) is 4.49. The summed E-state index contributed by atoms with van der Waals surface area (Å²) in [6.45, 7) is 5.47. The third-order valence-corrected chi connectivity index (χ3v) is 2.94. The van der Waals surface area contributed by atoms with Gasteiger partial charge in [0, 0.05) is 31.9 Å². The minimum absolute atomic E-state index is 0.122. The molecule has 2 rings (SSSR count). The number of hydrogen-bond donors (Lipinski definition) is 2. The molecule has 1 unspecified atom stereocenters. The van der Waals surface area contributed by atoms with Gasteiger partial charge in [0.1, 0.15) is 11.9 Å². The number of anilines is 2. The Morgan fingerprint density at radius 2 is 2.28 bits per heavy atom. The minimum Gasteiger partial charge on any atom is -0.358 e. The molecule has 0 spiro atoms. The number of amides is 1. The molecule has 6 nitrogen and oxygen atoms in total. The molecule has 1 aliphatic rings. The van der Waals surface area contributed by atoms with Gasteiger partial charge in [-0.05, 0) is 20.3 Å². The van der Waals surface area contributed by atoms with Gasteiger partial charge in [-0.2, -0.15) is 4.98 Å². The van der Waals surface area contributed by atoms with E-state index in [0.717, 1.165) is 25.2 Å². The molecule has 98 valence electrons. The van der Waals surface area contributed by atoms with Crippen LogP contribution in [0.4, 0.5) is 11.8 Å². The Hall–Kier alpha value is -1.85. The molecule has 1 aromatic heterocycles. The molecular weight excluding hydrogens is 230 g/mol. The average molecular weight is 249 g/mol. The summed E-state index contributed by atoms with van der Waals surface area (Å²) in [6.07, 6.45) is 0.814. The lowest BCUT2D eigenvalue weighted by Crippen LogP contribution is -2.31. The van der Waals surface area contributed by atoms with E-state index in [1.165, 1.54) is 0 Å². The third kappa shape index (κ3) is 2.69. The van der Waals surface area contributed by atoms with Crippen LogP contribution in [0.25, 0.3) is 0 Å². The van der Waals surface area contributed by atoms with Gasteiger partial charge in [0.05, 0.1) is 0 Å². The number of carbonyl (C=O) groups is 1. The summed E-state index contributed by atoms with van der Waals surface area (Å²) >= 11 is 0. The van der Waals surface area contributed by atoms with Crippen LogP contribution < -0.4 is 10.6 Å². The fourth-order valence-corrected chi connectivity index (χ4v) is 2.01. The van der Waals surface area contributed by atoms with Crippen LogP contribution in [-0.2, 0) is 4.79 Å². The van der Waals surface area contributed by atoms with Crippen molar-refractivity contribution >= 4 is 17.7 Å². The Balaban J connectivity index is 2.11. The van der Waals surface area contributed by atoms with Gasteiger partial charge >= 0.3 is 0 Å². The van der Waals surface area contributed by atoms with Crippen molar-refractivity contribution in [3.8, 4) is 0 Å². The lowest BCUT2D eigenvalue weighted by atomic mass is 10.2. The van der Waals surface area contributed by atoms with Gasteiger partial charge < -0.3 is 15.5 Å². The highest BCUT2D eigenvalue weighted by Gasteiger charge is 2.29. The summed E-state index contributed by atoms with van der Waals surface area (Å²) in [7, 11) is 1.82. The molecule has 1 aliphatic heterocycles. The van der Waals surface area contributed by atoms with E-state index in [1.54, 1.807) is 4.90 Å². The molecule has 0 saturated carbocycles. The number of aromatic nitrogens is 2. The van der Waals surface area contributed by atoms with E-state index >= 15 is 0 Å². The van der Waals surface area contributed by atoms with Crippen molar-refractivity contribution in [1.29, 1.82) is 0 Å². The van der Waals surface area contributed by atoms with Crippen LogP contribution in [0.3, 0.4) is 0 Å². The number of nitrogens with zero attached hydrogens (tertiary/aromatic N) is 3. The highest BCUT2D eigenvalue weighted by molar-refractivity contribution is 5.86. The van der Waals surface area contributed by atoms with Gasteiger partial charge in [0.25, 0.3) is 0 Å². The number of aryl methyl sites for hydroxylation is 1. The van der Waals surface area contributed by atoms with Crippen LogP contribution in [0.1, 0.15) is 19.0 Å². The van der Waals surface area contributed by atoms with Crippen LogP contribution in [0, 0.1) is 6.92 Å². The molecule has 6 heteroatoms. The summed E-state index contributed by atoms with van der Waals surface area (Å²) in [5.74, 6) is 1.42. The normalized spacial score (nSPS) is 19.2. The maximum absolute atomic E-state index is 11.8. The van der Waals surface area contributed by atoms with Crippen LogP contribution in [-0.4, -0.2) is 47.0 Å². The standard InChI is InChI=1S/C12H19N5O/c1-4-13-12-14-8(2)7-10(16-12)15-9-5-6-17(3)11(9)18/h7,9H,4-6H2,1-3H3,(H2,13,14,15,16). The van der Waals surface area contributed by atoms with E-state index in [2.05, 4.69) is 20.6 Å². The summed E-state index contributed by atoms with van der Waals surface area (Å²) in [6, 6.07) is 1.69. The quantitative estimate of drug-likeness (QED) is 0.828. The predicted molar refractivity (Wildman–Crippen MR) is 70.6 cm³/mol. The van der Waals surface area contributed by atoms with Gasteiger partial charge in [-0.3, -0.25) is 4.79 Å². The number of carbonyl (C=O) groups excluding carboxylic acids is 1. The highest BCUT2D eigenvalue weighted by atomic mass is 16.2. The largest absolute Gasteiger partial charge is 0.358 e. The molecule has 0 aromatic carbocycles. The first-order chi connectivity index (χ1) is 8.60. The zero-order valence-corrected chi connectivity index (χ0v) is 11.0. The molecule has 0 radical (unpaired) electrons. The lowest BCUT2D eigenvalue weighted by molar-refractivity contribution is -0.127. The first-order valence-electron chi connectivity index (χ1n) is 6.21. The maximum atomic E-state index is 11.8. The molecule has 1 saturated heterocycles. The second kappa shape index (κ2) is 5.20. The topological polar surface area (TPSA) is 70.2 Å². The zero-order valence-electron chi connectivity index (χ0n) is 11.0. The van der Waals surface area contributed by atoms with Crippen molar-refractivity contribution in [3.63, 3.8) is 0 Å². The van der Waals surface area contributed by atoms with Crippen LogP contribution >= 0.6 is 0 Å². The van der Waals surface area contributed by atoms with Crippen molar-refractivity contribution < 1.29 is 4.79 Å². The second-order valence-electron chi connectivity index (χ2n) is 4.49. The number of likely N-dealkylation sites (N-methyl/N-ethyl adjacent to an activating group) is 1. The molecule has 0 bridgehead atoms. The van der Waals surface area contributed by atoms with E-state index in [4.69, 9.17) is 0 Å². The number of rotatable bonds is 4. The Morgan fingerprint density at radius 1 is 1.50 bits per heavy atom. The van der Waals surface area contributed by atoms with Crippen molar-refractivity contribution in [2.75, 3.05) is 30.8 Å². The Kier molecular flexibility index (Phi) is 3.64. The van der Waals surface area contributed by atoms with Gasteiger partial charge in [-0.1, -0.05) is 0 Å². The zero-order chi connectivity index (χ0) is 13.1. The fourth-order valence-electron chi connectivity index (χ4n) is 2.01. The Bertz CT molecular complexity index is 448. The van der Waals surface area contributed by atoms with E-state index in [9.17, 15) is 4.79 Å². The maximum Gasteiger partial charge on any atom is 0.244 e. The van der Waals surface area contributed by atoms with Crippen LogP contribution in [0.2, 0.25) is 0 Å². The summed E-state index contributed by atoms with van der Waals surface area (Å²) in [5.41, 5.74) is 0.877. The van der Waals surface area contributed by atoms with Crippen molar-refractivity contribution in [3.05, 3.63) is 11.8 Å². The summed E-state index contributed by atoms with van der Waals surface area (Å²) in [5, 5.41) is 6.25. The first kappa shape index (κ1) is 12.6. The highest BCUT2D eigenvalue weighted by Crippen LogP contribution is 2.16. The number of nitrogens with one attached hydrogen (secondary N) is 2. The monoisotopic (exact) mass is 249 g/mol. The third-order valence-electron chi connectivity index (χ3n) is 2.94. The van der Waals surface area contributed by atoms with Crippen molar-refractivity contribution in [2.45, 2.75) is 26.3 Å². The van der Waals surface area contributed by atoms with E-state index in [1.807, 2.05) is 27.0 Å². The van der Waals surface area contributed by atoms with Gasteiger partial charge in [0.2, 0.25) is 11.9 Å². The number of likely N-dealkylation sites (tertiary alicyclic amines) is 1. The molecule has 2 N–H and O–H groups in total. The predicted octanol–water partition coefficient (Wildman–Crippen LogP) is 0.859. The smallest absolute Gasteiger partial charge is 0.244 e. The van der Waals surface area contributed by atoms with Gasteiger partial charge in [-0.25, -0.2) is 4.98 Å². The fraction of sp³-hybridized carbons (Fsp3) is 0.583. The number of hydrogen-bond acceptors (Lipinski definition) is 5. The van der Waals surface area contributed by atoms with E-state index in [-0.39, 0.29) is 11.9 Å². The molecule has 2 heterocycles. The Labute approximate surface area is 107 Å². The van der Waals surface area contributed by atoms with E-state index < -0.39 is 0 Å². The molecule has 1 aromatic rings. The first-order valence-corrected chi connectivity index (χ1v) is 6.21. The molecular formula is C12H19N5O. The van der Waals surface area contributed by atoms with E-state index in [0.29, 0.717) is 11.8 Å². The molecule has 1 fully saturated rings. The molecule has 1 atom stereocenters. The van der Waals surface area contributed by atoms with Crippen molar-refractivity contribution in [1.82, 2.24) is 14.9 Å². The molecule has 0 aliphatic carbocycles. The van der Waals surface area contributed by atoms with Crippen molar-refractivity contribution in [2.24, 2.45) is 0 Å². The summed E-state index contributed by atoms with van der Waals surface area (Å²) < 4.78 is 0. The minimum atomic E-state index is -0.168. The average Bonchev–Trinajstić information content (AvgIpc) is 2.61. The Morgan fingerprint density at radius 3 is 2.89 bits per heavy atom. The molecule has 18 heavy (non-hydrogen) atoms. The lowest BCUT2D eigenvalue weighted by Gasteiger charge is -2.14. The van der Waals surface area contributed by atoms with Crippen LogP contribution in [0.5, 0.6) is 0 Å². The summed E-state index contributed by atoms with van der Waals surface area (Å²) in [4.78, 5) is 22.2. The SMILES string of the molecule is CCNc1nc(C)cc(NC2CCN(C)C2=O)n1. The van der Waals surface area contributed by atoms with Crippen LogP contribution in [0.15, 0.2) is 6.07 Å². The molecule has 1 amide bonds. The van der Waals surface area contributed by atoms with Gasteiger partial charge in [0.15, 0.2) is 0 Å².